The van der Waals surface area contributed by atoms with E-state index in [-0.39, 0.29) is 5.91 Å². The molecule has 1 saturated carbocycles. The number of hydrogen-bond acceptors (Lipinski definition) is 3. The molecule has 6 heteroatoms. The predicted molar refractivity (Wildman–Crippen MR) is 79.8 cm³/mol. The van der Waals surface area contributed by atoms with Crippen molar-refractivity contribution in [1.82, 2.24) is 15.1 Å². The summed E-state index contributed by atoms with van der Waals surface area (Å²) in [4.78, 5) is 23.4. The minimum Gasteiger partial charge on any atom is -0.480 e. The van der Waals surface area contributed by atoms with Crippen molar-refractivity contribution in [3.63, 3.8) is 0 Å². The highest BCUT2D eigenvalue weighted by atomic mass is 16.4. The van der Waals surface area contributed by atoms with Gasteiger partial charge in [-0.1, -0.05) is 12.8 Å². The van der Waals surface area contributed by atoms with Crippen LogP contribution in [0.5, 0.6) is 0 Å². The Kier molecular flexibility index (Phi) is 3.91. The molecule has 0 bridgehead atoms. The number of aliphatic carboxylic acids is 1. The Bertz CT molecular complexity index is 660. The Morgan fingerprint density at radius 1 is 1.32 bits per heavy atom. The smallest absolute Gasteiger partial charge is 0.326 e. The van der Waals surface area contributed by atoms with Gasteiger partial charge in [-0.05, 0) is 42.7 Å². The zero-order valence-corrected chi connectivity index (χ0v) is 12.0. The van der Waals surface area contributed by atoms with Crippen LogP contribution in [0.15, 0.2) is 42.7 Å². The SMILES string of the molecule is O=C(NC(CC1CC1)C(=O)O)c1ccc(-n2cccn2)cc1. The van der Waals surface area contributed by atoms with E-state index in [2.05, 4.69) is 10.4 Å². The van der Waals surface area contributed by atoms with E-state index in [1.54, 1.807) is 35.1 Å². The first-order valence-electron chi connectivity index (χ1n) is 7.27. The molecule has 3 rings (SSSR count). The first kappa shape index (κ1) is 14.3. The zero-order valence-electron chi connectivity index (χ0n) is 12.0. The van der Waals surface area contributed by atoms with Gasteiger partial charge in [-0.3, -0.25) is 4.79 Å². The topological polar surface area (TPSA) is 84.2 Å². The van der Waals surface area contributed by atoms with Gasteiger partial charge in [0.25, 0.3) is 5.91 Å². The molecule has 1 aliphatic carbocycles. The van der Waals surface area contributed by atoms with Gasteiger partial charge in [-0.15, -0.1) is 0 Å². The van der Waals surface area contributed by atoms with Crippen LogP contribution in [0, 0.1) is 5.92 Å². The van der Waals surface area contributed by atoms with Crippen molar-refractivity contribution in [2.75, 3.05) is 0 Å². The molecule has 1 aromatic heterocycles. The van der Waals surface area contributed by atoms with E-state index >= 15 is 0 Å². The highest BCUT2D eigenvalue weighted by molar-refractivity contribution is 5.96. The summed E-state index contributed by atoms with van der Waals surface area (Å²) >= 11 is 0. The lowest BCUT2D eigenvalue weighted by atomic mass is 10.1. The first-order valence-corrected chi connectivity index (χ1v) is 7.27. The largest absolute Gasteiger partial charge is 0.480 e. The van der Waals surface area contributed by atoms with Gasteiger partial charge in [0.15, 0.2) is 0 Å². The minimum absolute atomic E-state index is 0.361. The maximum atomic E-state index is 12.2. The number of carbonyl (C=O) groups excluding carboxylic acids is 1. The molecular weight excluding hydrogens is 282 g/mol. The van der Waals surface area contributed by atoms with E-state index in [1.807, 2.05) is 12.3 Å². The normalized spacial score (nSPS) is 15.3. The van der Waals surface area contributed by atoms with Gasteiger partial charge in [0.2, 0.25) is 0 Å². The van der Waals surface area contributed by atoms with E-state index in [1.165, 1.54) is 0 Å². The summed E-state index contributed by atoms with van der Waals surface area (Å²) in [5.41, 5.74) is 1.28. The summed E-state index contributed by atoms with van der Waals surface area (Å²) in [5.74, 6) is -0.905. The molecule has 114 valence electrons. The van der Waals surface area contributed by atoms with E-state index in [4.69, 9.17) is 0 Å². The molecular formula is C16H17N3O3. The summed E-state index contributed by atoms with van der Waals surface area (Å²) in [6.07, 6.45) is 6.10. The molecule has 1 unspecified atom stereocenters. The molecule has 1 fully saturated rings. The molecule has 22 heavy (non-hydrogen) atoms. The van der Waals surface area contributed by atoms with E-state index in [0.29, 0.717) is 17.9 Å². The van der Waals surface area contributed by atoms with Gasteiger partial charge in [0.05, 0.1) is 5.69 Å². The van der Waals surface area contributed by atoms with Crippen LogP contribution in [-0.4, -0.2) is 32.8 Å². The maximum absolute atomic E-state index is 12.2. The van der Waals surface area contributed by atoms with Crippen molar-refractivity contribution in [2.24, 2.45) is 5.92 Å². The summed E-state index contributed by atoms with van der Waals surface area (Å²) in [6.45, 7) is 0. The Morgan fingerprint density at radius 3 is 2.59 bits per heavy atom. The summed E-state index contributed by atoms with van der Waals surface area (Å²) in [7, 11) is 0. The Balaban J connectivity index is 1.67. The van der Waals surface area contributed by atoms with E-state index in [0.717, 1.165) is 18.5 Å². The number of carboxylic acid groups (broad SMARTS) is 1. The molecule has 0 aliphatic heterocycles. The van der Waals surface area contributed by atoms with Crippen LogP contribution >= 0.6 is 0 Å². The predicted octanol–water partition coefficient (Wildman–Crippen LogP) is 1.86. The van der Waals surface area contributed by atoms with Gasteiger partial charge < -0.3 is 10.4 Å². The standard InChI is InChI=1S/C16H17N3O3/c20-15(18-14(16(21)22)10-11-2-3-11)12-4-6-13(7-5-12)19-9-1-8-17-19/h1,4-9,11,14H,2-3,10H2,(H,18,20)(H,21,22). The van der Waals surface area contributed by atoms with Crippen molar-refractivity contribution in [3.05, 3.63) is 48.3 Å². The van der Waals surface area contributed by atoms with Gasteiger partial charge >= 0.3 is 5.97 Å². The van der Waals surface area contributed by atoms with Crippen LogP contribution in [0.25, 0.3) is 5.69 Å². The lowest BCUT2D eigenvalue weighted by Gasteiger charge is -2.14. The minimum atomic E-state index is -0.978. The quantitative estimate of drug-likeness (QED) is 0.852. The fraction of sp³-hybridized carbons (Fsp3) is 0.312. The highest BCUT2D eigenvalue weighted by Gasteiger charge is 2.30. The van der Waals surface area contributed by atoms with Crippen LogP contribution in [0.4, 0.5) is 0 Å². The van der Waals surface area contributed by atoms with E-state index < -0.39 is 12.0 Å². The fourth-order valence-electron chi connectivity index (χ4n) is 2.34. The Morgan fingerprint density at radius 2 is 2.05 bits per heavy atom. The van der Waals surface area contributed by atoms with Gasteiger partial charge in [-0.2, -0.15) is 5.10 Å². The number of benzene rings is 1. The third kappa shape index (κ3) is 3.33. The van der Waals surface area contributed by atoms with Crippen molar-refractivity contribution < 1.29 is 14.7 Å². The Hall–Kier alpha value is -2.63. The van der Waals surface area contributed by atoms with Crippen molar-refractivity contribution >= 4 is 11.9 Å². The Labute approximate surface area is 127 Å². The van der Waals surface area contributed by atoms with Crippen molar-refractivity contribution in [2.45, 2.75) is 25.3 Å². The maximum Gasteiger partial charge on any atom is 0.326 e. The average Bonchev–Trinajstić information content (AvgIpc) is 3.16. The van der Waals surface area contributed by atoms with Crippen LogP contribution in [0.3, 0.4) is 0 Å². The number of rotatable bonds is 6. The third-order valence-electron chi connectivity index (χ3n) is 3.77. The lowest BCUT2D eigenvalue weighted by Crippen LogP contribution is -2.41. The van der Waals surface area contributed by atoms with Gasteiger partial charge in [-0.25, -0.2) is 9.48 Å². The number of aromatic nitrogens is 2. The lowest BCUT2D eigenvalue weighted by molar-refractivity contribution is -0.139. The second-order valence-electron chi connectivity index (χ2n) is 5.54. The number of nitrogens with one attached hydrogen (secondary N) is 1. The molecule has 1 aromatic carbocycles. The second kappa shape index (κ2) is 6.01. The van der Waals surface area contributed by atoms with Crippen molar-refractivity contribution in [1.29, 1.82) is 0 Å². The first-order chi connectivity index (χ1) is 10.6. The monoisotopic (exact) mass is 299 g/mol. The molecule has 0 saturated heterocycles. The number of hydrogen-bond donors (Lipinski definition) is 2. The van der Waals surface area contributed by atoms with Gasteiger partial charge in [0.1, 0.15) is 6.04 Å². The van der Waals surface area contributed by atoms with Gasteiger partial charge in [0, 0.05) is 18.0 Å². The van der Waals surface area contributed by atoms with Crippen molar-refractivity contribution in [3.8, 4) is 5.69 Å². The van der Waals surface area contributed by atoms with Crippen LogP contribution in [0.2, 0.25) is 0 Å². The summed E-state index contributed by atoms with van der Waals surface area (Å²) < 4.78 is 1.69. The molecule has 1 heterocycles. The van der Waals surface area contributed by atoms with Crippen LogP contribution < -0.4 is 5.32 Å². The molecule has 2 aromatic rings. The molecule has 1 atom stereocenters. The highest BCUT2D eigenvalue weighted by Crippen LogP contribution is 2.33. The molecule has 1 aliphatic rings. The summed E-state index contributed by atoms with van der Waals surface area (Å²) in [6, 6.07) is 7.89. The van der Waals surface area contributed by atoms with Crippen LogP contribution in [0.1, 0.15) is 29.6 Å². The third-order valence-corrected chi connectivity index (χ3v) is 3.77. The molecule has 0 spiro atoms. The average molecular weight is 299 g/mol. The molecule has 2 N–H and O–H groups in total. The number of amides is 1. The second-order valence-corrected chi connectivity index (χ2v) is 5.54. The summed E-state index contributed by atoms with van der Waals surface area (Å²) in [5, 5.41) is 15.9. The molecule has 1 amide bonds. The van der Waals surface area contributed by atoms with E-state index in [9.17, 15) is 14.7 Å². The molecule has 6 nitrogen and oxygen atoms in total. The van der Waals surface area contributed by atoms with Crippen LogP contribution in [-0.2, 0) is 4.79 Å². The number of nitrogens with zero attached hydrogens (tertiary/aromatic N) is 2. The zero-order chi connectivity index (χ0) is 15.5. The number of carboxylic acids is 1. The fourth-order valence-corrected chi connectivity index (χ4v) is 2.34. The number of carbonyl (C=O) groups is 2. The molecule has 0 radical (unpaired) electrons.